The Morgan fingerprint density at radius 2 is 2.00 bits per heavy atom. The largest absolute Gasteiger partial charge is 0.398 e. The summed E-state index contributed by atoms with van der Waals surface area (Å²) < 4.78 is 0. The van der Waals surface area contributed by atoms with Crippen molar-refractivity contribution in [2.24, 2.45) is 0 Å². The molecule has 0 aliphatic heterocycles. The van der Waals surface area contributed by atoms with Crippen molar-refractivity contribution in [3.8, 4) is 0 Å². The molecule has 0 bridgehead atoms. The van der Waals surface area contributed by atoms with E-state index in [4.69, 9.17) is 5.73 Å². The van der Waals surface area contributed by atoms with Crippen LogP contribution in [0, 0.1) is 10.1 Å². The molecule has 3 N–H and O–H groups in total. The number of hydrogen-bond donors (Lipinski definition) is 2. The molecule has 1 atom stereocenters. The quantitative estimate of drug-likeness (QED) is 0.255. The van der Waals surface area contributed by atoms with Crippen LogP contribution in [0.4, 0.5) is 5.69 Å². The molecule has 1 aromatic carbocycles. The molecule has 0 aliphatic carbocycles. The van der Waals surface area contributed by atoms with Gasteiger partial charge >= 0.3 is 6.17 Å². The Balaban J connectivity index is 3.04. The fourth-order valence-electron chi connectivity index (χ4n) is 1.28. The molecule has 0 saturated carbocycles. The summed E-state index contributed by atoms with van der Waals surface area (Å²) in [6.07, 6.45) is -1.81. The smallest absolute Gasteiger partial charge is 0.350 e. The van der Waals surface area contributed by atoms with Crippen molar-refractivity contribution in [2.45, 2.75) is 13.1 Å². The number of nitro groups is 1. The van der Waals surface area contributed by atoms with Crippen molar-refractivity contribution in [2.75, 3.05) is 5.73 Å². The summed E-state index contributed by atoms with van der Waals surface area (Å²) in [6.45, 7) is 1.10. The highest BCUT2D eigenvalue weighted by Crippen LogP contribution is 2.13. The molecule has 0 heterocycles. The molecule has 17 heavy (non-hydrogen) atoms. The average molecular weight is 237 g/mol. The molecule has 0 spiro atoms. The molecule has 0 saturated heterocycles. The first-order valence-corrected chi connectivity index (χ1v) is 4.72. The fraction of sp³-hybridized carbons (Fsp3) is 0.200. The summed E-state index contributed by atoms with van der Waals surface area (Å²) in [7, 11) is 0. The summed E-state index contributed by atoms with van der Waals surface area (Å²) in [5.41, 5.74) is 5.68. The topological polar surface area (TPSA) is 115 Å². The predicted molar refractivity (Wildman–Crippen MR) is 59.8 cm³/mol. The van der Waals surface area contributed by atoms with Crippen molar-refractivity contribution < 1.29 is 14.5 Å². The van der Waals surface area contributed by atoms with Crippen LogP contribution in [-0.2, 0) is 4.79 Å². The zero-order chi connectivity index (χ0) is 13.0. The Morgan fingerprint density at radius 1 is 1.41 bits per heavy atom. The zero-order valence-corrected chi connectivity index (χ0v) is 9.04. The number of Topliss-reactive ketones (excluding diaryl/α,β-unsaturated/α-hetero) is 1. The fourth-order valence-corrected chi connectivity index (χ4v) is 1.28. The Hall–Kier alpha value is -2.44. The van der Waals surface area contributed by atoms with E-state index in [1.54, 1.807) is 6.07 Å². The number of nitrogens with zero attached hydrogens (tertiary/aromatic N) is 1. The van der Waals surface area contributed by atoms with E-state index in [2.05, 4.69) is 0 Å². The van der Waals surface area contributed by atoms with Crippen LogP contribution < -0.4 is 11.1 Å². The Labute approximate surface area is 96.8 Å². The average Bonchev–Trinajstić information content (AvgIpc) is 2.25. The van der Waals surface area contributed by atoms with Crippen LogP contribution in [0.15, 0.2) is 24.3 Å². The minimum absolute atomic E-state index is 0.0166. The molecule has 7 heteroatoms. The second-order valence-corrected chi connectivity index (χ2v) is 3.34. The summed E-state index contributed by atoms with van der Waals surface area (Å²) >= 11 is 0. The first-order chi connectivity index (χ1) is 7.93. The van der Waals surface area contributed by atoms with Gasteiger partial charge in [0.25, 0.3) is 5.78 Å². The molecule has 1 unspecified atom stereocenters. The van der Waals surface area contributed by atoms with Crippen molar-refractivity contribution in [1.82, 2.24) is 5.32 Å². The number of carbonyl (C=O) groups excluding carboxylic acids is 2. The number of ketones is 1. The van der Waals surface area contributed by atoms with Crippen LogP contribution in [-0.4, -0.2) is 22.8 Å². The maximum Gasteiger partial charge on any atom is 0.350 e. The lowest BCUT2D eigenvalue weighted by Gasteiger charge is -2.10. The third-order valence-corrected chi connectivity index (χ3v) is 2.03. The molecule has 1 aromatic rings. The lowest BCUT2D eigenvalue weighted by Crippen LogP contribution is -2.45. The predicted octanol–water partition coefficient (Wildman–Crippen LogP) is 0.190. The van der Waals surface area contributed by atoms with Crippen LogP contribution in [0.3, 0.4) is 0 Å². The van der Waals surface area contributed by atoms with Gasteiger partial charge in [0.05, 0.1) is 10.5 Å². The number of hydrogen-bond acceptors (Lipinski definition) is 5. The van der Waals surface area contributed by atoms with Crippen molar-refractivity contribution in [3.05, 3.63) is 39.9 Å². The highest BCUT2D eigenvalue weighted by molar-refractivity contribution is 6.04. The maximum atomic E-state index is 11.8. The van der Waals surface area contributed by atoms with E-state index < -0.39 is 22.8 Å². The Bertz CT molecular complexity index is 472. The van der Waals surface area contributed by atoms with E-state index in [0.29, 0.717) is 0 Å². The first-order valence-electron chi connectivity index (χ1n) is 4.72. The molecule has 0 aromatic heterocycles. The second-order valence-electron chi connectivity index (χ2n) is 3.34. The highest BCUT2D eigenvalue weighted by atomic mass is 16.6. The van der Waals surface area contributed by atoms with Gasteiger partial charge in [-0.15, -0.1) is 0 Å². The van der Waals surface area contributed by atoms with Crippen LogP contribution >= 0.6 is 0 Å². The van der Waals surface area contributed by atoms with E-state index in [1.165, 1.54) is 18.2 Å². The third kappa shape index (κ3) is 3.00. The monoisotopic (exact) mass is 237 g/mol. The normalized spacial score (nSPS) is 11.6. The lowest BCUT2D eigenvalue weighted by molar-refractivity contribution is -0.509. The SMILES string of the molecule is CC(=O)NC(C(=O)c1ccccc1N)[N+](=O)[O-]. The number of nitrogens with one attached hydrogen (secondary N) is 1. The van der Waals surface area contributed by atoms with Gasteiger partial charge in [0.1, 0.15) is 0 Å². The number of rotatable bonds is 4. The minimum atomic E-state index is -1.81. The summed E-state index contributed by atoms with van der Waals surface area (Å²) in [5.74, 6) is -1.50. The van der Waals surface area contributed by atoms with Crippen LogP contribution in [0.2, 0.25) is 0 Å². The standard InChI is InChI=1S/C10H11N3O4/c1-6(14)12-10(13(16)17)9(15)7-4-2-3-5-8(7)11/h2-5,10H,11H2,1H3,(H,12,14). The van der Waals surface area contributed by atoms with Gasteiger partial charge in [0.2, 0.25) is 5.91 Å². The van der Waals surface area contributed by atoms with Crippen molar-refractivity contribution in [1.29, 1.82) is 0 Å². The van der Waals surface area contributed by atoms with Gasteiger partial charge in [-0.25, -0.2) is 0 Å². The Morgan fingerprint density at radius 3 is 2.47 bits per heavy atom. The number of amides is 1. The molecule has 1 amide bonds. The third-order valence-electron chi connectivity index (χ3n) is 2.03. The summed E-state index contributed by atoms with van der Waals surface area (Å²) in [4.78, 5) is 32.4. The van der Waals surface area contributed by atoms with E-state index in [0.717, 1.165) is 6.92 Å². The highest BCUT2D eigenvalue weighted by Gasteiger charge is 2.32. The van der Waals surface area contributed by atoms with E-state index in [9.17, 15) is 19.7 Å². The molecule has 90 valence electrons. The lowest BCUT2D eigenvalue weighted by atomic mass is 10.1. The Kier molecular flexibility index (Phi) is 3.76. The minimum Gasteiger partial charge on any atom is -0.398 e. The van der Waals surface area contributed by atoms with Crippen molar-refractivity contribution >= 4 is 17.4 Å². The second kappa shape index (κ2) is 5.06. The summed E-state index contributed by atoms with van der Waals surface area (Å²) in [5, 5.41) is 12.7. The van der Waals surface area contributed by atoms with Crippen LogP contribution in [0.25, 0.3) is 0 Å². The zero-order valence-electron chi connectivity index (χ0n) is 9.04. The molecule has 0 aliphatic rings. The van der Waals surface area contributed by atoms with Gasteiger partial charge in [-0.3, -0.25) is 25.0 Å². The number of nitrogen functional groups attached to an aromatic ring is 1. The van der Waals surface area contributed by atoms with E-state index in [1.807, 2.05) is 5.32 Å². The van der Waals surface area contributed by atoms with Gasteiger partial charge < -0.3 is 5.73 Å². The van der Waals surface area contributed by atoms with Gasteiger partial charge in [0.15, 0.2) is 0 Å². The van der Waals surface area contributed by atoms with Gasteiger partial charge in [0, 0.05) is 12.6 Å². The van der Waals surface area contributed by atoms with E-state index >= 15 is 0 Å². The number of nitrogens with two attached hydrogens (primary N) is 1. The molecule has 1 rings (SSSR count). The maximum absolute atomic E-state index is 11.8. The first kappa shape index (κ1) is 12.6. The summed E-state index contributed by atoms with van der Waals surface area (Å²) in [6, 6.07) is 5.97. The van der Waals surface area contributed by atoms with Crippen molar-refractivity contribution in [3.63, 3.8) is 0 Å². The molecule has 0 radical (unpaired) electrons. The number of carbonyl (C=O) groups is 2. The van der Waals surface area contributed by atoms with Gasteiger partial charge in [-0.2, -0.15) is 0 Å². The molecular formula is C10H11N3O4. The number of benzene rings is 1. The van der Waals surface area contributed by atoms with E-state index in [-0.39, 0.29) is 11.3 Å². The molecule has 0 fully saturated rings. The van der Waals surface area contributed by atoms with Gasteiger partial charge in [-0.1, -0.05) is 12.1 Å². The van der Waals surface area contributed by atoms with Crippen LogP contribution in [0.1, 0.15) is 17.3 Å². The molecular weight excluding hydrogens is 226 g/mol. The number of para-hydroxylation sites is 1. The number of anilines is 1. The van der Waals surface area contributed by atoms with Gasteiger partial charge in [-0.05, 0) is 12.1 Å². The molecule has 7 nitrogen and oxygen atoms in total. The van der Waals surface area contributed by atoms with Crippen LogP contribution in [0.5, 0.6) is 0 Å².